The summed E-state index contributed by atoms with van der Waals surface area (Å²) in [5.74, 6) is 1.46. The highest BCUT2D eigenvalue weighted by Crippen LogP contribution is 2.09. The molecule has 7 heteroatoms. The lowest BCUT2D eigenvalue weighted by molar-refractivity contribution is 0.0593. The topological polar surface area (TPSA) is 82.8 Å². The van der Waals surface area contributed by atoms with Gasteiger partial charge in [0.25, 0.3) is 0 Å². The van der Waals surface area contributed by atoms with Crippen molar-refractivity contribution in [2.24, 2.45) is 0 Å². The minimum Gasteiger partial charge on any atom is -0.464 e. The van der Waals surface area contributed by atoms with Crippen LogP contribution in [0.2, 0.25) is 0 Å². The van der Waals surface area contributed by atoms with Crippen LogP contribution in [0.25, 0.3) is 5.82 Å². The zero-order chi connectivity index (χ0) is 13.8. The quantitative estimate of drug-likeness (QED) is 0.762. The van der Waals surface area contributed by atoms with E-state index in [4.69, 9.17) is 0 Å². The van der Waals surface area contributed by atoms with Gasteiger partial charge in [-0.25, -0.2) is 14.8 Å². The van der Waals surface area contributed by atoms with Crippen LogP contribution in [0.1, 0.15) is 36.0 Å². The van der Waals surface area contributed by atoms with Crippen LogP contribution in [0.4, 0.5) is 0 Å². The van der Waals surface area contributed by atoms with E-state index in [0.29, 0.717) is 5.82 Å². The van der Waals surface area contributed by atoms with E-state index in [1.807, 2.05) is 13.8 Å². The first-order valence-electron chi connectivity index (χ1n) is 6.05. The Hall–Kier alpha value is -2.31. The molecule has 0 radical (unpaired) electrons. The number of methoxy groups -OCH3 is 1. The summed E-state index contributed by atoms with van der Waals surface area (Å²) in [6.07, 6.45) is 4.36. The lowest BCUT2D eigenvalue weighted by Crippen LogP contribution is -2.10. The molecule has 0 aliphatic rings. The van der Waals surface area contributed by atoms with Gasteiger partial charge in [0.2, 0.25) is 0 Å². The van der Waals surface area contributed by atoms with Crippen molar-refractivity contribution in [3.05, 3.63) is 29.7 Å². The molecule has 100 valence electrons. The molecule has 0 unspecified atom stereocenters. The minimum atomic E-state index is -0.525. The van der Waals surface area contributed by atoms with Crippen molar-refractivity contribution in [3.8, 4) is 5.82 Å². The Morgan fingerprint density at radius 2 is 2.05 bits per heavy atom. The molecule has 0 spiro atoms. The molecule has 0 aromatic carbocycles. The summed E-state index contributed by atoms with van der Waals surface area (Å²) in [6.45, 7) is 3.97. The SMILES string of the molecule is CCc1nc(CC)n(-c2cncc(C(=O)OC)n2)n1. The van der Waals surface area contributed by atoms with Crippen molar-refractivity contribution in [3.63, 3.8) is 0 Å². The highest BCUT2D eigenvalue weighted by atomic mass is 16.5. The third kappa shape index (κ3) is 2.59. The molecule has 7 nitrogen and oxygen atoms in total. The fourth-order valence-corrected chi connectivity index (χ4v) is 1.61. The fraction of sp³-hybridized carbons (Fsp3) is 0.417. The average molecular weight is 261 g/mol. The summed E-state index contributed by atoms with van der Waals surface area (Å²) >= 11 is 0. The number of hydrogen-bond acceptors (Lipinski definition) is 6. The fourth-order valence-electron chi connectivity index (χ4n) is 1.61. The van der Waals surface area contributed by atoms with Crippen LogP contribution >= 0.6 is 0 Å². The van der Waals surface area contributed by atoms with E-state index in [2.05, 4.69) is 24.8 Å². The molecule has 0 saturated carbocycles. The van der Waals surface area contributed by atoms with Crippen LogP contribution in [-0.4, -0.2) is 37.8 Å². The summed E-state index contributed by atoms with van der Waals surface area (Å²) in [6, 6.07) is 0. The van der Waals surface area contributed by atoms with Crippen molar-refractivity contribution < 1.29 is 9.53 Å². The van der Waals surface area contributed by atoms with Crippen LogP contribution in [-0.2, 0) is 17.6 Å². The number of aryl methyl sites for hydroxylation is 2. The maximum Gasteiger partial charge on any atom is 0.358 e. The molecule has 2 rings (SSSR count). The van der Waals surface area contributed by atoms with Gasteiger partial charge in [-0.3, -0.25) is 4.98 Å². The van der Waals surface area contributed by atoms with Crippen molar-refractivity contribution in [2.75, 3.05) is 7.11 Å². The van der Waals surface area contributed by atoms with Crippen molar-refractivity contribution in [1.82, 2.24) is 24.7 Å². The Balaban J connectivity index is 2.46. The zero-order valence-corrected chi connectivity index (χ0v) is 11.1. The number of carbonyl (C=O) groups excluding carboxylic acids is 1. The molecule has 0 saturated heterocycles. The molecule has 2 aromatic heterocycles. The predicted octanol–water partition coefficient (Wildman–Crippen LogP) is 0.969. The molecule has 0 aliphatic heterocycles. The molecule has 19 heavy (non-hydrogen) atoms. The second-order valence-electron chi connectivity index (χ2n) is 3.82. The Bertz CT molecular complexity index is 594. The van der Waals surface area contributed by atoms with E-state index in [9.17, 15) is 4.79 Å². The van der Waals surface area contributed by atoms with E-state index in [-0.39, 0.29) is 5.69 Å². The van der Waals surface area contributed by atoms with Gasteiger partial charge in [0, 0.05) is 12.8 Å². The normalized spacial score (nSPS) is 10.5. The molecule has 2 heterocycles. The molecule has 0 fully saturated rings. The molecular formula is C12H15N5O2. The first-order valence-corrected chi connectivity index (χ1v) is 6.05. The van der Waals surface area contributed by atoms with Gasteiger partial charge in [0.1, 0.15) is 5.82 Å². The van der Waals surface area contributed by atoms with E-state index < -0.39 is 5.97 Å². The molecule has 0 bridgehead atoms. The summed E-state index contributed by atoms with van der Waals surface area (Å²) in [4.78, 5) is 24.0. The largest absolute Gasteiger partial charge is 0.464 e. The Kier molecular flexibility index (Phi) is 3.84. The van der Waals surface area contributed by atoms with Crippen LogP contribution in [0.5, 0.6) is 0 Å². The molecular weight excluding hydrogens is 246 g/mol. The van der Waals surface area contributed by atoms with Gasteiger partial charge in [0.15, 0.2) is 17.3 Å². The number of nitrogens with zero attached hydrogens (tertiary/aromatic N) is 5. The lowest BCUT2D eigenvalue weighted by Gasteiger charge is -2.04. The van der Waals surface area contributed by atoms with Gasteiger partial charge in [-0.2, -0.15) is 4.68 Å². The second-order valence-corrected chi connectivity index (χ2v) is 3.82. The van der Waals surface area contributed by atoms with E-state index in [1.165, 1.54) is 13.3 Å². The average Bonchev–Trinajstić information content (AvgIpc) is 2.90. The predicted molar refractivity (Wildman–Crippen MR) is 67.0 cm³/mol. The summed E-state index contributed by atoms with van der Waals surface area (Å²) < 4.78 is 6.23. The van der Waals surface area contributed by atoms with Crippen molar-refractivity contribution >= 4 is 5.97 Å². The monoisotopic (exact) mass is 261 g/mol. The smallest absolute Gasteiger partial charge is 0.358 e. The number of esters is 1. The van der Waals surface area contributed by atoms with Gasteiger partial charge >= 0.3 is 5.97 Å². The van der Waals surface area contributed by atoms with Crippen LogP contribution in [0, 0.1) is 0 Å². The molecule has 0 aliphatic carbocycles. The third-order valence-electron chi connectivity index (χ3n) is 2.58. The number of aromatic nitrogens is 5. The third-order valence-corrected chi connectivity index (χ3v) is 2.58. The maximum atomic E-state index is 11.4. The number of ether oxygens (including phenoxy) is 1. The van der Waals surface area contributed by atoms with E-state index >= 15 is 0 Å². The lowest BCUT2D eigenvalue weighted by atomic mass is 10.4. The highest BCUT2D eigenvalue weighted by Gasteiger charge is 2.13. The van der Waals surface area contributed by atoms with Gasteiger partial charge in [-0.05, 0) is 0 Å². The standard InChI is InChI=1S/C12H15N5O2/c1-4-9-15-10(5-2)17(16-9)11-7-13-6-8(14-11)12(18)19-3/h6-7H,4-5H2,1-3H3. The summed E-state index contributed by atoms with van der Waals surface area (Å²) in [5, 5.41) is 4.35. The van der Waals surface area contributed by atoms with Crippen molar-refractivity contribution in [2.45, 2.75) is 26.7 Å². The second kappa shape index (κ2) is 5.55. The number of rotatable bonds is 4. The first-order chi connectivity index (χ1) is 9.19. The van der Waals surface area contributed by atoms with E-state index in [0.717, 1.165) is 24.5 Å². The summed E-state index contributed by atoms with van der Waals surface area (Å²) in [7, 11) is 1.30. The molecule has 0 N–H and O–H groups in total. The number of hydrogen-bond donors (Lipinski definition) is 0. The zero-order valence-electron chi connectivity index (χ0n) is 11.1. The maximum absolute atomic E-state index is 11.4. The minimum absolute atomic E-state index is 0.149. The van der Waals surface area contributed by atoms with E-state index in [1.54, 1.807) is 10.9 Å². The van der Waals surface area contributed by atoms with Gasteiger partial charge in [0.05, 0.1) is 19.5 Å². The Morgan fingerprint density at radius 1 is 1.26 bits per heavy atom. The highest BCUT2D eigenvalue weighted by molar-refractivity contribution is 5.86. The Labute approximate surface area is 110 Å². The van der Waals surface area contributed by atoms with Crippen LogP contribution in [0.3, 0.4) is 0 Å². The number of carbonyl (C=O) groups is 1. The first kappa shape index (κ1) is 13.1. The molecule has 0 atom stereocenters. The van der Waals surface area contributed by atoms with Gasteiger partial charge < -0.3 is 4.74 Å². The van der Waals surface area contributed by atoms with Crippen LogP contribution < -0.4 is 0 Å². The van der Waals surface area contributed by atoms with Crippen molar-refractivity contribution in [1.29, 1.82) is 0 Å². The molecule has 0 amide bonds. The van der Waals surface area contributed by atoms with Gasteiger partial charge in [-0.15, -0.1) is 5.10 Å². The van der Waals surface area contributed by atoms with Crippen LogP contribution in [0.15, 0.2) is 12.4 Å². The van der Waals surface area contributed by atoms with Gasteiger partial charge in [-0.1, -0.05) is 13.8 Å². The molecule has 2 aromatic rings. The summed E-state index contributed by atoms with van der Waals surface area (Å²) in [5.41, 5.74) is 0.149. The Morgan fingerprint density at radius 3 is 2.68 bits per heavy atom.